The molecule has 6 heteroatoms. The molecule has 9 heavy (non-hydrogen) atoms. The average molecular weight is 170 g/mol. The highest BCUT2D eigenvalue weighted by Gasteiger charge is 2.07. The van der Waals surface area contributed by atoms with Crippen molar-refractivity contribution in [2.45, 2.75) is 0 Å². The van der Waals surface area contributed by atoms with Crippen LogP contribution in [0, 0.1) is 0 Å². The first-order valence-electron chi connectivity index (χ1n) is 2.02. The van der Waals surface area contributed by atoms with Crippen LogP contribution >= 0.6 is 23.2 Å². The summed E-state index contributed by atoms with van der Waals surface area (Å²) in [5, 5.41) is 3.14. The van der Waals surface area contributed by atoms with Gasteiger partial charge >= 0.3 is 0 Å². The molecule has 1 heterocycles. The van der Waals surface area contributed by atoms with Gasteiger partial charge in [-0.2, -0.15) is 0 Å². The number of hydrazone groups is 1. The van der Waals surface area contributed by atoms with E-state index in [0.717, 1.165) is 0 Å². The number of hydrogen-bond acceptors (Lipinski definition) is 3. The molecule has 0 atom stereocenters. The Balaban J connectivity index is 2.74. The Labute approximate surface area is 60.6 Å². The fourth-order valence-corrected chi connectivity index (χ4v) is 0.767. The van der Waals surface area contributed by atoms with Crippen molar-refractivity contribution in [1.29, 1.82) is 0 Å². The topological polar surface area (TPSA) is 27.6 Å². The highest BCUT2D eigenvalue weighted by molar-refractivity contribution is 6.69. The van der Waals surface area contributed by atoms with Crippen molar-refractivity contribution >= 4 is 28.4 Å². The minimum atomic E-state index is -0.0648. The summed E-state index contributed by atoms with van der Waals surface area (Å²) >= 11 is 10.6. The maximum absolute atomic E-state index is 12.0. The van der Waals surface area contributed by atoms with Crippen LogP contribution in [0.3, 0.4) is 0 Å². The minimum absolute atomic E-state index is 0.00116. The number of hydrogen-bond donors (Lipinski definition) is 1. The lowest BCUT2D eigenvalue weighted by Crippen LogP contribution is -2.27. The first-order chi connectivity index (χ1) is 4.18. The van der Waals surface area contributed by atoms with Crippen molar-refractivity contribution in [3.05, 3.63) is 11.2 Å². The molecule has 0 saturated heterocycles. The van der Waals surface area contributed by atoms with Crippen LogP contribution in [0.25, 0.3) is 0 Å². The number of rotatable bonds is 0. The largest absolute Gasteiger partial charge is 0.242 e. The van der Waals surface area contributed by atoms with Gasteiger partial charge < -0.3 is 0 Å². The molecular formula is C3H2Cl2FN3. The van der Waals surface area contributed by atoms with Crippen molar-refractivity contribution in [1.82, 2.24) is 10.8 Å². The summed E-state index contributed by atoms with van der Waals surface area (Å²) in [5.74, 6) is 0. The fraction of sp³-hybridized carbons (Fsp3) is 0. The molecule has 0 aliphatic carbocycles. The third kappa shape index (κ3) is 1.73. The minimum Gasteiger partial charge on any atom is -0.242 e. The van der Waals surface area contributed by atoms with Crippen LogP contribution < -0.4 is 5.43 Å². The predicted octanol–water partition coefficient (Wildman–Crippen LogP) is 1.32. The van der Waals surface area contributed by atoms with Crippen molar-refractivity contribution < 1.29 is 4.48 Å². The Hall–Kier alpha value is -0.480. The van der Waals surface area contributed by atoms with Crippen molar-refractivity contribution in [3.8, 4) is 0 Å². The monoisotopic (exact) mass is 169 g/mol. The molecule has 0 unspecified atom stereocenters. The maximum atomic E-state index is 12.0. The predicted molar refractivity (Wildman–Crippen MR) is 33.3 cm³/mol. The van der Waals surface area contributed by atoms with Gasteiger partial charge in [-0.1, -0.05) is 27.7 Å². The van der Waals surface area contributed by atoms with Crippen LogP contribution in [0.2, 0.25) is 0 Å². The molecule has 0 bridgehead atoms. The van der Waals surface area contributed by atoms with E-state index in [1.807, 2.05) is 5.43 Å². The molecule has 0 aromatic carbocycles. The molecule has 1 aliphatic heterocycles. The number of halogens is 3. The molecule has 0 radical (unpaired) electrons. The normalized spacial score (nSPS) is 18.3. The number of allylic oxidation sites excluding steroid dienone is 1. The summed E-state index contributed by atoms with van der Waals surface area (Å²) in [6, 6.07) is 0. The van der Waals surface area contributed by atoms with Gasteiger partial charge in [-0.3, -0.25) is 0 Å². The Kier molecular flexibility index (Phi) is 1.78. The zero-order chi connectivity index (χ0) is 6.85. The summed E-state index contributed by atoms with van der Waals surface area (Å²) in [4.78, 5) is 0. The standard InChI is InChI=1S/C3H2Cl2FN3/c4-2-1-3(5)8-9(6)7-2/h1,7H. The van der Waals surface area contributed by atoms with Crippen LogP contribution in [-0.4, -0.2) is 10.5 Å². The van der Waals surface area contributed by atoms with E-state index in [9.17, 15) is 4.48 Å². The second-order valence-corrected chi connectivity index (χ2v) is 2.08. The summed E-state index contributed by atoms with van der Waals surface area (Å²) in [7, 11) is 0. The van der Waals surface area contributed by atoms with Crippen molar-refractivity contribution in [2.75, 3.05) is 0 Å². The van der Waals surface area contributed by atoms with Crippen LogP contribution in [0.1, 0.15) is 0 Å². The lowest BCUT2D eigenvalue weighted by Gasteiger charge is -2.12. The third-order valence-electron chi connectivity index (χ3n) is 0.628. The number of nitrogens with one attached hydrogen (secondary N) is 1. The zero-order valence-electron chi connectivity index (χ0n) is 4.11. The molecule has 0 amide bonds. The molecule has 1 N–H and O–H groups in total. The van der Waals surface area contributed by atoms with Gasteiger partial charge in [0.2, 0.25) is 0 Å². The molecule has 1 aliphatic rings. The van der Waals surface area contributed by atoms with Gasteiger partial charge in [0.05, 0.1) is 0 Å². The van der Waals surface area contributed by atoms with E-state index in [1.54, 1.807) is 0 Å². The zero-order valence-corrected chi connectivity index (χ0v) is 5.62. The molecule has 3 nitrogen and oxygen atoms in total. The molecule has 0 spiro atoms. The van der Waals surface area contributed by atoms with Crippen LogP contribution in [0.5, 0.6) is 0 Å². The lowest BCUT2D eigenvalue weighted by molar-refractivity contribution is -0.0151. The van der Waals surface area contributed by atoms with Crippen LogP contribution in [-0.2, 0) is 0 Å². The van der Waals surface area contributed by atoms with Gasteiger partial charge in [-0.25, -0.2) is 5.43 Å². The highest BCUT2D eigenvalue weighted by atomic mass is 35.5. The third-order valence-corrected chi connectivity index (χ3v) is 1.01. The Morgan fingerprint density at radius 3 is 2.78 bits per heavy atom. The van der Waals surface area contributed by atoms with Crippen molar-refractivity contribution in [3.63, 3.8) is 0 Å². The fourth-order valence-electron chi connectivity index (χ4n) is 0.363. The smallest absolute Gasteiger partial charge is 0.157 e. The first-order valence-corrected chi connectivity index (χ1v) is 2.78. The Bertz CT molecular complexity index is 178. The lowest BCUT2D eigenvalue weighted by atomic mass is 10.6. The highest BCUT2D eigenvalue weighted by Crippen LogP contribution is 2.07. The Morgan fingerprint density at radius 2 is 2.33 bits per heavy atom. The summed E-state index contributed by atoms with van der Waals surface area (Å²) in [6.07, 6.45) is 1.29. The quantitative estimate of drug-likeness (QED) is 0.438. The molecule has 0 aromatic heterocycles. The average Bonchev–Trinajstić information content (AvgIpc) is 1.59. The van der Waals surface area contributed by atoms with E-state index in [1.165, 1.54) is 6.08 Å². The summed E-state index contributed by atoms with van der Waals surface area (Å²) in [5.41, 5.74) is 2.03. The van der Waals surface area contributed by atoms with E-state index < -0.39 is 0 Å². The van der Waals surface area contributed by atoms with Crippen LogP contribution in [0.4, 0.5) is 4.48 Å². The van der Waals surface area contributed by atoms with Gasteiger partial charge in [0.15, 0.2) is 5.17 Å². The van der Waals surface area contributed by atoms with Crippen LogP contribution in [0.15, 0.2) is 16.3 Å². The molecule has 0 saturated carbocycles. The molecule has 0 aromatic rings. The number of nitrogens with zero attached hydrogens (tertiary/aromatic N) is 2. The first kappa shape index (κ1) is 6.64. The SMILES string of the molecule is FN1N=C(Cl)C=C(Cl)N1. The van der Waals surface area contributed by atoms with Gasteiger partial charge in [-0.05, 0) is 5.34 Å². The van der Waals surface area contributed by atoms with Crippen molar-refractivity contribution in [2.24, 2.45) is 5.10 Å². The Morgan fingerprint density at radius 1 is 1.67 bits per heavy atom. The number of hydrazine groups is 1. The molecule has 0 fully saturated rings. The maximum Gasteiger partial charge on any atom is 0.157 e. The molecule has 1 rings (SSSR count). The second-order valence-electron chi connectivity index (χ2n) is 1.29. The van der Waals surface area contributed by atoms with Gasteiger partial charge in [0.1, 0.15) is 5.16 Å². The van der Waals surface area contributed by atoms with Gasteiger partial charge in [0, 0.05) is 6.08 Å². The van der Waals surface area contributed by atoms with E-state index in [2.05, 4.69) is 5.10 Å². The van der Waals surface area contributed by atoms with Gasteiger partial charge in [-0.15, -0.1) is 5.10 Å². The van der Waals surface area contributed by atoms with E-state index in [-0.39, 0.29) is 15.7 Å². The van der Waals surface area contributed by atoms with E-state index in [0.29, 0.717) is 0 Å². The molecular weight excluding hydrogens is 168 g/mol. The van der Waals surface area contributed by atoms with E-state index >= 15 is 0 Å². The molecule has 50 valence electrons. The van der Waals surface area contributed by atoms with Gasteiger partial charge in [0.25, 0.3) is 0 Å². The summed E-state index contributed by atoms with van der Waals surface area (Å²) in [6.45, 7) is 0. The second kappa shape index (κ2) is 2.41. The van der Waals surface area contributed by atoms with E-state index in [4.69, 9.17) is 23.2 Å². The summed E-state index contributed by atoms with van der Waals surface area (Å²) < 4.78 is 12.0.